The second-order valence-corrected chi connectivity index (χ2v) is 7.06. The minimum absolute atomic E-state index is 0.640. The minimum atomic E-state index is 0.640. The van der Waals surface area contributed by atoms with Gasteiger partial charge in [-0.1, -0.05) is 28.1 Å². The van der Waals surface area contributed by atoms with Crippen molar-refractivity contribution in [1.29, 1.82) is 0 Å². The molecule has 0 N–H and O–H groups in total. The molecule has 116 valence electrons. The van der Waals surface area contributed by atoms with E-state index in [1.165, 1.54) is 35.1 Å². The summed E-state index contributed by atoms with van der Waals surface area (Å²) in [5.41, 5.74) is 3.00. The normalized spacial score (nSPS) is 24.0. The highest BCUT2D eigenvalue weighted by Gasteiger charge is 2.23. The molecule has 0 saturated carbocycles. The summed E-state index contributed by atoms with van der Waals surface area (Å²) in [5, 5.41) is 0. The van der Waals surface area contributed by atoms with E-state index in [9.17, 15) is 0 Å². The van der Waals surface area contributed by atoms with E-state index < -0.39 is 0 Å². The van der Waals surface area contributed by atoms with Gasteiger partial charge in [-0.15, -0.1) is 0 Å². The Morgan fingerprint density at radius 2 is 2.05 bits per heavy atom. The Morgan fingerprint density at radius 3 is 2.86 bits per heavy atom. The Labute approximate surface area is 136 Å². The largest absolute Gasteiger partial charge is 0.379 e. The van der Waals surface area contributed by atoms with Crippen LogP contribution in [0.5, 0.6) is 0 Å². The number of nitrogens with zero attached hydrogens (tertiary/aromatic N) is 2. The van der Waals surface area contributed by atoms with Crippen molar-refractivity contribution in [3.63, 3.8) is 0 Å². The van der Waals surface area contributed by atoms with E-state index in [2.05, 4.69) is 50.9 Å². The topological polar surface area (TPSA) is 15.7 Å². The van der Waals surface area contributed by atoms with Crippen molar-refractivity contribution in [2.45, 2.75) is 32.4 Å². The van der Waals surface area contributed by atoms with Crippen LogP contribution >= 0.6 is 15.9 Å². The maximum atomic E-state index is 5.41. The molecule has 3 nitrogen and oxygen atoms in total. The van der Waals surface area contributed by atoms with Gasteiger partial charge < -0.3 is 4.74 Å². The van der Waals surface area contributed by atoms with E-state index in [0.29, 0.717) is 6.04 Å². The highest BCUT2D eigenvalue weighted by molar-refractivity contribution is 9.10. The van der Waals surface area contributed by atoms with Crippen molar-refractivity contribution < 1.29 is 4.74 Å². The summed E-state index contributed by atoms with van der Waals surface area (Å²) in [7, 11) is 0. The molecule has 21 heavy (non-hydrogen) atoms. The molecular weight excluding hydrogens is 328 g/mol. The average molecular weight is 353 g/mol. The third kappa shape index (κ3) is 3.86. The van der Waals surface area contributed by atoms with Crippen molar-refractivity contribution in [1.82, 2.24) is 9.80 Å². The number of morpholine rings is 1. The number of rotatable bonds is 4. The summed E-state index contributed by atoms with van der Waals surface area (Å²) < 4.78 is 6.68. The van der Waals surface area contributed by atoms with Crippen molar-refractivity contribution in [3.05, 3.63) is 33.8 Å². The molecule has 1 fully saturated rings. The number of fused-ring (bicyclic) bond motifs is 1. The Kier molecular flexibility index (Phi) is 5.33. The zero-order chi connectivity index (χ0) is 14.7. The molecule has 1 atom stereocenters. The molecule has 0 aliphatic carbocycles. The smallest absolute Gasteiger partial charge is 0.0594 e. The number of benzene rings is 1. The predicted molar refractivity (Wildman–Crippen MR) is 89.6 cm³/mol. The molecule has 3 rings (SSSR count). The standard InChI is InChI=1S/C17H25BrN2O/c1-14-12-16-15(4-2-5-17(16)18)13-20(14)7-3-6-19-8-10-21-11-9-19/h2,4-5,14H,3,6-13H2,1H3. The van der Waals surface area contributed by atoms with Gasteiger partial charge in [0.25, 0.3) is 0 Å². The van der Waals surface area contributed by atoms with Gasteiger partial charge in [-0.2, -0.15) is 0 Å². The van der Waals surface area contributed by atoms with Crippen molar-refractivity contribution in [2.75, 3.05) is 39.4 Å². The molecule has 2 heterocycles. The summed E-state index contributed by atoms with van der Waals surface area (Å²) in [4.78, 5) is 5.16. The SMILES string of the molecule is CC1Cc2c(Br)cccc2CN1CCCN1CCOCC1. The summed E-state index contributed by atoms with van der Waals surface area (Å²) in [6.45, 7) is 9.87. The van der Waals surface area contributed by atoms with Crippen LogP contribution in [-0.2, 0) is 17.7 Å². The lowest BCUT2D eigenvalue weighted by molar-refractivity contribution is 0.0351. The van der Waals surface area contributed by atoms with Crippen LogP contribution in [0.25, 0.3) is 0 Å². The van der Waals surface area contributed by atoms with E-state index in [4.69, 9.17) is 4.74 Å². The fourth-order valence-corrected chi connectivity index (χ4v) is 3.97. The van der Waals surface area contributed by atoms with Gasteiger partial charge in [0.15, 0.2) is 0 Å². The molecule has 4 heteroatoms. The molecule has 0 bridgehead atoms. The average Bonchev–Trinajstić information content (AvgIpc) is 2.50. The van der Waals surface area contributed by atoms with Crippen molar-refractivity contribution in [2.24, 2.45) is 0 Å². The second kappa shape index (κ2) is 7.23. The first-order valence-electron chi connectivity index (χ1n) is 8.04. The Balaban J connectivity index is 1.52. The maximum Gasteiger partial charge on any atom is 0.0594 e. The highest BCUT2D eigenvalue weighted by atomic mass is 79.9. The molecule has 0 aromatic heterocycles. The van der Waals surface area contributed by atoms with Gasteiger partial charge in [0.2, 0.25) is 0 Å². The third-order valence-electron chi connectivity index (χ3n) is 4.74. The van der Waals surface area contributed by atoms with Crippen LogP contribution in [0.15, 0.2) is 22.7 Å². The van der Waals surface area contributed by atoms with Gasteiger partial charge in [0, 0.05) is 30.1 Å². The molecule has 2 aliphatic rings. The molecule has 2 aliphatic heterocycles. The third-order valence-corrected chi connectivity index (χ3v) is 5.48. The molecular formula is C17H25BrN2O. The van der Waals surface area contributed by atoms with Gasteiger partial charge in [-0.3, -0.25) is 9.80 Å². The fraction of sp³-hybridized carbons (Fsp3) is 0.647. The molecule has 1 unspecified atom stereocenters. The number of halogens is 1. The maximum absolute atomic E-state index is 5.41. The van der Waals surface area contributed by atoms with Crippen LogP contribution in [-0.4, -0.2) is 55.2 Å². The first-order chi connectivity index (χ1) is 10.2. The summed E-state index contributed by atoms with van der Waals surface area (Å²) in [6, 6.07) is 7.24. The zero-order valence-electron chi connectivity index (χ0n) is 12.9. The molecule has 1 aromatic rings. The van der Waals surface area contributed by atoms with Crippen LogP contribution in [0, 0.1) is 0 Å². The summed E-state index contributed by atoms with van der Waals surface area (Å²) in [6.07, 6.45) is 2.42. The Morgan fingerprint density at radius 1 is 1.24 bits per heavy atom. The molecule has 0 spiro atoms. The summed E-state index contributed by atoms with van der Waals surface area (Å²) in [5.74, 6) is 0. The van der Waals surface area contributed by atoms with Crippen LogP contribution in [0.3, 0.4) is 0 Å². The van der Waals surface area contributed by atoms with Crippen LogP contribution in [0.1, 0.15) is 24.5 Å². The monoisotopic (exact) mass is 352 g/mol. The highest BCUT2D eigenvalue weighted by Crippen LogP contribution is 2.29. The molecule has 1 saturated heterocycles. The summed E-state index contributed by atoms with van der Waals surface area (Å²) >= 11 is 3.70. The van der Waals surface area contributed by atoms with E-state index in [1.54, 1.807) is 0 Å². The minimum Gasteiger partial charge on any atom is -0.379 e. The van der Waals surface area contributed by atoms with Crippen LogP contribution in [0.2, 0.25) is 0 Å². The lowest BCUT2D eigenvalue weighted by atomic mass is 9.95. The van der Waals surface area contributed by atoms with Gasteiger partial charge >= 0.3 is 0 Å². The van der Waals surface area contributed by atoms with Gasteiger partial charge in [0.1, 0.15) is 0 Å². The fourth-order valence-electron chi connectivity index (χ4n) is 3.40. The van der Waals surface area contributed by atoms with E-state index in [0.717, 1.165) is 39.3 Å². The Hall–Kier alpha value is -0.420. The van der Waals surface area contributed by atoms with Crippen LogP contribution < -0.4 is 0 Å². The van der Waals surface area contributed by atoms with Gasteiger partial charge in [-0.25, -0.2) is 0 Å². The first kappa shape index (κ1) is 15.5. The van der Waals surface area contributed by atoms with Crippen molar-refractivity contribution >= 4 is 15.9 Å². The lowest BCUT2D eigenvalue weighted by Crippen LogP contribution is -2.41. The molecule has 0 radical (unpaired) electrons. The van der Waals surface area contributed by atoms with Crippen molar-refractivity contribution in [3.8, 4) is 0 Å². The lowest BCUT2D eigenvalue weighted by Gasteiger charge is -2.36. The number of hydrogen-bond donors (Lipinski definition) is 0. The number of hydrogen-bond acceptors (Lipinski definition) is 3. The van der Waals surface area contributed by atoms with E-state index >= 15 is 0 Å². The molecule has 0 amide bonds. The predicted octanol–water partition coefficient (Wildman–Crippen LogP) is 2.92. The van der Waals surface area contributed by atoms with Gasteiger partial charge in [0.05, 0.1) is 13.2 Å². The Bertz CT molecular complexity index is 474. The zero-order valence-corrected chi connectivity index (χ0v) is 14.4. The van der Waals surface area contributed by atoms with E-state index in [1.807, 2.05) is 0 Å². The van der Waals surface area contributed by atoms with Gasteiger partial charge in [-0.05, 0) is 50.0 Å². The molecule has 1 aromatic carbocycles. The quantitative estimate of drug-likeness (QED) is 0.828. The second-order valence-electron chi connectivity index (χ2n) is 6.21. The van der Waals surface area contributed by atoms with Crippen LogP contribution in [0.4, 0.5) is 0 Å². The van der Waals surface area contributed by atoms with E-state index in [-0.39, 0.29) is 0 Å². The first-order valence-corrected chi connectivity index (χ1v) is 8.84. The number of ether oxygens (including phenoxy) is 1.